The number of hydrogen-bond donors (Lipinski definition) is 1. The molecule has 0 spiro atoms. The maximum Gasteiger partial charge on any atom is 0.0524 e. The van der Waals surface area contributed by atoms with E-state index in [1.54, 1.807) is 0 Å². The lowest BCUT2D eigenvalue weighted by Gasteiger charge is -2.29. The van der Waals surface area contributed by atoms with E-state index in [2.05, 4.69) is 22.9 Å². The van der Waals surface area contributed by atoms with E-state index in [9.17, 15) is 0 Å². The van der Waals surface area contributed by atoms with Gasteiger partial charge in [-0.05, 0) is 43.2 Å². The second-order valence-electron chi connectivity index (χ2n) is 4.92. The summed E-state index contributed by atoms with van der Waals surface area (Å²) in [7, 11) is 0. The van der Waals surface area contributed by atoms with Crippen LogP contribution < -0.4 is 5.73 Å². The van der Waals surface area contributed by atoms with Gasteiger partial charge in [0.1, 0.15) is 0 Å². The van der Waals surface area contributed by atoms with Crippen molar-refractivity contribution in [2.45, 2.75) is 51.5 Å². The molecule has 0 radical (unpaired) electrons. The van der Waals surface area contributed by atoms with Crippen LogP contribution in [-0.2, 0) is 6.54 Å². The van der Waals surface area contributed by atoms with Gasteiger partial charge in [0.2, 0.25) is 0 Å². The summed E-state index contributed by atoms with van der Waals surface area (Å²) in [4.78, 5) is 0. The third kappa shape index (κ3) is 2.46. The van der Waals surface area contributed by atoms with Crippen molar-refractivity contribution >= 4 is 0 Å². The fourth-order valence-corrected chi connectivity index (χ4v) is 2.85. The number of hydrogen-bond acceptors (Lipinski definition) is 2. The van der Waals surface area contributed by atoms with Crippen molar-refractivity contribution in [3.05, 3.63) is 18.0 Å². The van der Waals surface area contributed by atoms with Crippen LogP contribution in [0.4, 0.5) is 0 Å². The molecule has 16 heavy (non-hydrogen) atoms. The van der Waals surface area contributed by atoms with Crippen LogP contribution in [0.2, 0.25) is 0 Å². The lowest BCUT2D eigenvalue weighted by atomic mass is 9.76. The minimum absolute atomic E-state index is 0.657. The zero-order valence-corrected chi connectivity index (χ0v) is 10.2. The fraction of sp³-hybridized carbons (Fsp3) is 0.769. The molecule has 1 saturated carbocycles. The van der Waals surface area contributed by atoms with Crippen LogP contribution in [0.3, 0.4) is 0 Å². The molecule has 2 atom stereocenters. The first-order valence-corrected chi connectivity index (χ1v) is 6.57. The van der Waals surface area contributed by atoms with Gasteiger partial charge in [-0.15, -0.1) is 0 Å². The van der Waals surface area contributed by atoms with Gasteiger partial charge in [-0.1, -0.05) is 19.8 Å². The minimum Gasteiger partial charge on any atom is -0.330 e. The molecule has 0 aromatic carbocycles. The molecule has 1 aliphatic rings. The molecular formula is C13H23N3. The Hall–Kier alpha value is -0.830. The first-order chi connectivity index (χ1) is 7.85. The van der Waals surface area contributed by atoms with Crippen molar-refractivity contribution < 1.29 is 0 Å². The minimum atomic E-state index is 0.657. The van der Waals surface area contributed by atoms with Crippen LogP contribution in [0.25, 0.3) is 0 Å². The van der Waals surface area contributed by atoms with Gasteiger partial charge in [0.15, 0.2) is 0 Å². The molecule has 2 rings (SSSR count). The van der Waals surface area contributed by atoms with Gasteiger partial charge >= 0.3 is 0 Å². The number of aryl methyl sites for hydroxylation is 1. The molecule has 1 aromatic heterocycles. The molecule has 1 aliphatic carbocycles. The molecule has 3 heteroatoms. The summed E-state index contributed by atoms with van der Waals surface area (Å²) in [6, 6.07) is 0. The average molecular weight is 221 g/mol. The molecule has 0 bridgehead atoms. The molecule has 90 valence electrons. The van der Waals surface area contributed by atoms with E-state index < -0.39 is 0 Å². The topological polar surface area (TPSA) is 43.8 Å². The summed E-state index contributed by atoms with van der Waals surface area (Å²) in [6.07, 6.45) is 10.7. The maximum atomic E-state index is 5.87. The molecule has 1 fully saturated rings. The van der Waals surface area contributed by atoms with Crippen molar-refractivity contribution in [1.29, 1.82) is 0 Å². The third-order valence-electron chi connectivity index (χ3n) is 3.75. The molecule has 1 aromatic rings. The second kappa shape index (κ2) is 5.48. The highest BCUT2D eigenvalue weighted by Gasteiger charge is 2.26. The van der Waals surface area contributed by atoms with Gasteiger partial charge in [0, 0.05) is 12.7 Å². The van der Waals surface area contributed by atoms with Gasteiger partial charge in [-0.25, -0.2) is 0 Å². The Morgan fingerprint density at radius 2 is 2.25 bits per heavy atom. The molecule has 1 heterocycles. The predicted octanol–water partition coefficient (Wildman–Crippen LogP) is 2.53. The van der Waals surface area contributed by atoms with Gasteiger partial charge in [-0.2, -0.15) is 5.10 Å². The molecule has 0 aliphatic heterocycles. The highest BCUT2D eigenvalue weighted by Crippen LogP contribution is 2.36. The monoisotopic (exact) mass is 221 g/mol. The standard InChI is InChI=1S/C13H23N3/c1-2-7-16-10-12(9-15-16)13-6-4-3-5-11(13)8-14/h9-11,13H,2-8,14H2,1H3. The molecule has 2 unspecified atom stereocenters. The first kappa shape index (κ1) is 11.6. The number of nitrogens with two attached hydrogens (primary N) is 1. The van der Waals surface area contributed by atoms with Crippen molar-refractivity contribution in [2.24, 2.45) is 11.7 Å². The van der Waals surface area contributed by atoms with Crippen LogP contribution in [-0.4, -0.2) is 16.3 Å². The third-order valence-corrected chi connectivity index (χ3v) is 3.75. The highest BCUT2D eigenvalue weighted by atomic mass is 15.3. The lowest BCUT2D eigenvalue weighted by Crippen LogP contribution is -2.25. The van der Waals surface area contributed by atoms with Crippen LogP contribution in [0.15, 0.2) is 12.4 Å². The van der Waals surface area contributed by atoms with Gasteiger partial charge < -0.3 is 5.73 Å². The van der Waals surface area contributed by atoms with Gasteiger partial charge in [0.25, 0.3) is 0 Å². The van der Waals surface area contributed by atoms with Crippen LogP contribution in [0, 0.1) is 5.92 Å². The predicted molar refractivity (Wildman–Crippen MR) is 66.3 cm³/mol. The van der Waals surface area contributed by atoms with Crippen molar-refractivity contribution in [3.8, 4) is 0 Å². The first-order valence-electron chi connectivity index (χ1n) is 6.57. The van der Waals surface area contributed by atoms with Crippen LogP contribution in [0.5, 0.6) is 0 Å². The van der Waals surface area contributed by atoms with E-state index in [1.807, 2.05) is 6.20 Å². The van der Waals surface area contributed by atoms with Crippen LogP contribution >= 0.6 is 0 Å². The Kier molecular flexibility index (Phi) is 3.99. The summed E-state index contributed by atoms with van der Waals surface area (Å²) in [6.45, 7) is 4.04. The van der Waals surface area contributed by atoms with E-state index in [1.165, 1.54) is 31.2 Å². The maximum absolute atomic E-state index is 5.87. The van der Waals surface area contributed by atoms with Gasteiger partial charge in [-0.3, -0.25) is 4.68 Å². The Bertz CT molecular complexity index is 319. The SMILES string of the molecule is CCCn1cc(C2CCCCC2CN)cn1. The summed E-state index contributed by atoms with van der Waals surface area (Å²) < 4.78 is 2.07. The Morgan fingerprint density at radius 3 is 3.00 bits per heavy atom. The van der Waals surface area contributed by atoms with E-state index in [-0.39, 0.29) is 0 Å². The van der Waals surface area contributed by atoms with Crippen LogP contribution in [0.1, 0.15) is 50.5 Å². The Morgan fingerprint density at radius 1 is 1.44 bits per heavy atom. The molecule has 0 saturated heterocycles. The van der Waals surface area contributed by atoms with E-state index in [0.717, 1.165) is 19.5 Å². The zero-order valence-electron chi connectivity index (χ0n) is 10.2. The molecule has 2 N–H and O–H groups in total. The average Bonchev–Trinajstić information content (AvgIpc) is 2.78. The molecular weight excluding hydrogens is 198 g/mol. The molecule has 3 nitrogen and oxygen atoms in total. The zero-order chi connectivity index (χ0) is 11.4. The molecule has 0 amide bonds. The highest BCUT2D eigenvalue weighted by molar-refractivity contribution is 5.13. The number of aromatic nitrogens is 2. The normalized spacial score (nSPS) is 25.9. The van der Waals surface area contributed by atoms with E-state index >= 15 is 0 Å². The number of nitrogens with zero attached hydrogens (tertiary/aromatic N) is 2. The van der Waals surface area contributed by atoms with Crippen molar-refractivity contribution in [1.82, 2.24) is 9.78 Å². The number of rotatable bonds is 4. The smallest absolute Gasteiger partial charge is 0.0524 e. The quantitative estimate of drug-likeness (QED) is 0.849. The van der Waals surface area contributed by atoms with E-state index in [0.29, 0.717) is 11.8 Å². The van der Waals surface area contributed by atoms with Crippen molar-refractivity contribution in [2.75, 3.05) is 6.54 Å². The fourth-order valence-electron chi connectivity index (χ4n) is 2.85. The summed E-state index contributed by atoms with van der Waals surface area (Å²) in [5.41, 5.74) is 7.28. The summed E-state index contributed by atoms with van der Waals surface area (Å²) in [5, 5.41) is 4.43. The Labute approximate surface area is 98.0 Å². The van der Waals surface area contributed by atoms with Crippen molar-refractivity contribution in [3.63, 3.8) is 0 Å². The lowest BCUT2D eigenvalue weighted by molar-refractivity contribution is 0.314. The second-order valence-corrected chi connectivity index (χ2v) is 4.92. The van der Waals surface area contributed by atoms with E-state index in [4.69, 9.17) is 5.73 Å². The Balaban J connectivity index is 2.08. The largest absolute Gasteiger partial charge is 0.330 e. The van der Waals surface area contributed by atoms with Gasteiger partial charge in [0.05, 0.1) is 6.20 Å². The summed E-state index contributed by atoms with van der Waals surface area (Å²) >= 11 is 0. The summed E-state index contributed by atoms with van der Waals surface area (Å²) in [5.74, 6) is 1.33.